The number of carbonyl (C=O) groups excluding carboxylic acids is 1. The molecular formula is C23H27N5O4. The number of hydrogen-bond acceptors (Lipinski definition) is 8. The van der Waals surface area contributed by atoms with Crippen molar-refractivity contribution < 1.29 is 18.6 Å². The number of hydrogen-bond donors (Lipinski definition) is 0. The van der Waals surface area contributed by atoms with Crippen molar-refractivity contribution in [1.82, 2.24) is 25.2 Å². The lowest BCUT2D eigenvalue weighted by Crippen LogP contribution is -2.49. The second kappa shape index (κ2) is 8.46. The van der Waals surface area contributed by atoms with Crippen molar-refractivity contribution in [3.63, 3.8) is 0 Å². The van der Waals surface area contributed by atoms with Crippen LogP contribution in [0.1, 0.15) is 59.7 Å². The van der Waals surface area contributed by atoms with Gasteiger partial charge in [-0.05, 0) is 44.2 Å². The van der Waals surface area contributed by atoms with Crippen molar-refractivity contribution in [2.45, 2.75) is 51.0 Å². The fourth-order valence-electron chi connectivity index (χ4n) is 4.69. The zero-order valence-corrected chi connectivity index (χ0v) is 18.4. The van der Waals surface area contributed by atoms with Crippen molar-refractivity contribution in [2.24, 2.45) is 5.92 Å². The molecule has 3 aromatic heterocycles. The molecule has 9 nitrogen and oxygen atoms in total. The molecule has 1 saturated heterocycles. The Labute approximate surface area is 186 Å². The Morgan fingerprint density at radius 1 is 1.31 bits per heavy atom. The third-order valence-corrected chi connectivity index (χ3v) is 6.53. The lowest BCUT2D eigenvalue weighted by molar-refractivity contribution is 0.0593. The predicted octanol–water partition coefficient (Wildman–Crippen LogP) is 3.55. The Bertz CT molecular complexity index is 1090. The third-order valence-electron chi connectivity index (χ3n) is 6.53. The highest BCUT2D eigenvalue weighted by molar-refractivity contribution is 5.94. The molecule has 4 heterocycles. The number of pyridine rings is 1. The Hall–Kier alpha value is -3.07. The lowest BCUT2D eigenvalue weighted by Gasteiger charge is -2.41. The molecule has 1 aliphatic heterocycles. The molecule has 168 valence electrons. The van der Waals surface area contributed by atoms with Crippen LogP contribution >= 0.6 is 0 Å². The molecule has 9 heteroatoms. The van der Waals surface area contributed by atoms with E-state index in [9.17, 15) is 4.79 Å². The molecular weight excluding hydrogens is 410 g/mol. The van der Waals surface area contributed by atoms with Gasteiger partial charge in [0, 0.05) is 32.6 Å². The Balaban J connectivity index is 1.44. The van der Waals surface area contributed by atoms with Gasteiger partial charge in [0.15, 0.2) is 11.5 Å². The predicted molar refractivity (Wildman–Crippen MR) is 114 cm³/mol. The zero-order chi connectivity index (χ0) is 22.1. The van der Waals surface area contributed by atoms with Gasteiger partial charge in [-0.15, -0.1) is 0 Å². The largest absolute Gasteiger partial charge is 0.380 e. The van der Waals surface area contributed by atoms with Crippen molar-refractivity contribution in [2.75, 3.05) is 20.2 Å². The first-order valence-corrected chi connectivity index (χ1v) is 11.1. The molecule has 1 amide bonds. The van der Waals surface area contributed by atoms with Crippen molar-refractivity contribution >= 4 is 5.91 Å². The van der Waals surface area contributed by atoms with Crippen LogP contribution in [0.4, 0.5) is 0 Å². The van der Waals surface area contributed by atoms with Crippen LogP contribution in [0.25, 0.3) is 11.5 Å². The summed E-state index contributed by atoms with van der Waals surface area (Å²) in [6.07, 6.45) is 8.58. The number of amides is 1. The summed E-state index contributed by atoms with van der Waals surface area (Å²) >= 11 is 0. The molecule has 1 saturated carbocycles. The molecule has 1 aliphatic carbocycles. The van der Waals surface area contributed by atoms with Gasteiger partial charge in [0.25, 0.3) is 11.8 Å². The van der Waals surface area contributed by atoms with E-state index in [0.29, 0.717) is 47.7 Å². The molecule has 0 aromatic carbocycles. The number of aromatic nitrogens is 4. The number of piperidine rings is 1. The first-order chi connectivity index (χ1) is 15.6. The van der Waals surface area contributed by atoms with E-state index < -0.39 is 0 Å². The summed E-state index contributed by atoms with van der Waals surface area (Å²) in [6.45, 7) is 3.28. The maximum Gasteiger partial charge on any atom is 0.276 e. The van der Waals surface area contributed by atoms with Gasteiger partial charge in [-0.25, -0.2) is 0 Å². The highest BCUT2D eigenvalue weighted by Gasteiger charge is 2.46. The summed E-state index contributed by atoms with van der Waals surface area (Å²) in [4.78, 5) is 24.2. The number of methoxy groups -OCH3 is 1. The first kappa shape index (κ1) is 20.8. The normalized spacial score (nSPS) is 21.1. The minimum atomic E-state index is -0.334. The molecule has 2 fully saturated rings. The summed E-state index contributed by atoms with van der Waals surface area (Å²) in [5, 5.41) is 8.42. The fourth-order valence-corrected chi connectivity index (χ4v) is 4.69. The number of likely N-dealkylation sites (tertiary alicyclic amines) is 1. The molecule has 2 aliphatic rings. The van der Waals surface area contributed by atoms with E-state index >= 15 is 0 Å². The maximum atomic E-state index is 13.4. The number of ether oxygens (including phenoxy) is 1. The van der Waals surface area contributed by atoms with E-state index in [4.69, 9.17) is 18.8 Å². The second-order valence-electron chi connectivity index (χ2n) is 8.92. The van der Waals surface area contributed by atoms with E-state index in [1.165, 1.54) is 12.8 Å². The summed E-state index contributed by atoms with van der Waals surface area (Å²) in [7, 11) is 1.60. The van der Waals surface area contributed by atoms with Crippen LogP contribution in [0.3, 0.4) is 0 Å². The monoisotopic (exact) mass is 437 g/mol. The maximum absolute atomic E-state index is 13.4. The van der Waals surface area contributed by atoms with Gasteiger partial charge in [0.1, 0.15) is 5.76 Å². The number of carbonyl (C=O) groups is 1. The summed E-state index contributed by atoms with van der Waals surface area (Å²) in [5.41, 5.74) is 1.49. The van der Waals surface area contributed by atoms with Gasteiger partial charge in [0.05, 0.1) is 23.1 Å². The first-order valence-electron chi connectivity index (χ1n) is 11.1. The molecule has 5 rings (SSSR count). The standard InChI is InChI=1S/C23H27N5O4/c1-15-18(13-30-2)19(26-31-15)21(29)28-10-4-8-23(14-28,11-16-6-7-16)22-25-20(32-27-22)17-5-3-9-24-12-17/h3,5,9,12,16H,4,6-8,10-11,13-14H2,1-2H3. The smallest absolute Gasteiger partial charge is 0.276 e. The Morgan fingerprint density at radius 3 is 2.94 bits per heavy atom. The van der Waals surface area contributed by atoms with Gasteiger partial charge < -0.3 is 18.7 Å². The fraction of sp³-hybridized carbons (Fsp3) is 0.522. The number of nitrogens with zero attached hydrogens (tertiary/aromatic N) is 5. The zero-order valence-electron chi connectivity index (χ0n) is 18.4. The van der Waals surface area contributed by atoms with Crippen molar-refractivity contribution in [1.29, 1.82) is 0 Å². The molecule has 1 unspecified atom stereocenters. The van der Waals surface area contributed by atoms with E-state index in [1.54, 1.807) is 26.4 Å². The molecule has 32 heavy (non-hydrogen) atoms. The average Bonchev–Trinajstić information content (AvgIpc) is 3.34. The number of aryl methyl sites for hydroxylation is 1. The summed E-state index contributed by atoms with van der Waals surface area (Å²) in [5.74, 6) is 2.25. The Kier molecular flexibility index (Phi) is 5.50. The molecule has 0 bridgehead atoms. The van der Waals surface area contributed by atoms with Crippen LogP contribution in [-0.4, -0.2) is 51.3 Å². The lowest BCUT2D eigenvalue weighted by atomic mass is 9.74. The second-order valence-corrected chi connectivity index (χ2v) is 8.92. The van der Waals surface area contributed by atoms with Crippen LogP contribution in [-0.2, 0) is 16.8 Å². The topological polar surface area (TPSA) is 107 Å². The molecule has 0 spiro atoms. The van der Waals surface area contributed by atoms with Crippen molar-refractivity contribution in [3.05, 3.63) is 47.4 Å². The quantitative estimate of drug-likeness (QED) is 0.552. The van der Waals surface area contributed by atoms with Crippen LogP contribution < -0.4 is 0 Å². The minimum Gasteiger partial charge on any atom is -0.380 e. The van der Waals surface area contributed by atoms with E-state index in [2.05, 4.69) is 15.3 Å². The van der Waals surface area contributed by atoms with Gasteiger partial charge >= 0.3 is 0 Å². The van der Waals surface area contributed by atoms with Crippen LogP contribution in [0.5, 0.6) is 0 Å². The SMILES string of the molecule is COCc1c(C(=O)N2CCCC(CC3CC3)(c3noc(-c4cccnc4)n3)C2)noc1C. The van der Waals surface area contributed by atoms with Crippen LogP contribution in [0, 0.1) is 12.8 Å². The molecule has 1 atom stereocenters. The van der Waals surface area contributed by atoms with Crippen LogP contribution in [0.2, 0.25) is 0 Å². The number of rotatable bonds is 7. The average molecular weight is 438 g/mol. The molecule has 0 radical (unpaired) electrons. The third kappa shape index (κ3) is 3.92. The van der Waals surface area contributed by atoms with E-state index in [0.717, 1.165) is 24.8 Å². The van der Waals surface area contributed by atoms with Gasteiger partial charge in [-0.2, -0.15) is 4.98 Å². The summed E-state index contributed by atoms with van der Waals surface area (Å²) in [6, 6.07) is 3.75. The van der Waals surface area contributed by atoms with Crippen molar-refractivity contribution in [3.8, 4) is 11.5 Å². The van der Waals surface area contributed by atoms with Gasteiger partial charge in [-0.1, -0.05) is 23.2 Å². The summed E-state index contributed by atoms with van der Waals surface area (Å²) < 4.78 is 16.2. The molecule has 3 aromatic rings. The highest BCUT2D eigenvalue weighted by atomic mass is 16.5. The van der Waals surface area contributed by atoms with E-state index in [-0.39, 0.29) is 17.9 Å². The molecule has 0 N–H and O–H groups in total. The minimum absolute atomic E-state index is 0.134. The van der Waals surface area contributed by atoms with E-state index in [1.807, 2.05) is 17.0 Å². The van der Waals surface area contributed by atoms with Gasteiger partial charge in [0.2, 0.25) is 0 Å². The highest BCUT2D eigenvalue weighted by Crippen LogP contribution is 2.46. The Morgan fingerprint density at radius 2 is 2.19 bits per heavy atom. The van der Waals surface area contributed by atoms with Gasteiger partial charge in [-0.3, -0.25) is 9.78 Å². The van der Waals surface area contributed by atoms with Crippen LogP contribution in [0.15, 0.2) is 33.6 Å².